The molecule has 3 aromatic heterocycles. The van der Waals surface area contributed by atoms with Crippen molar-refractivity contribution in [2.75, 3.05) is 10.6 Å². The Morgan fingerprint density at radius 2 is 2.04 bits per heavy atom. The Morgan fingerprint density at radius 1 is 1.17 bits per heavy atom. The zero-order chi connectivity index (χ0) is 16.9. The summed E-state index contributed by atoms with van der Waals surface area (Å²) in [5.41, 5.74) is 1.15. The van der Waals surface area contributed by atoms with Gasteiger partial charge in [-0.1, -0.05) is 17.7 Å². The lowest BCUT2D eigenvalue weighted by Gasteiger charge is -2.03. The number of halogens is 1. The number of aromatic nitrogens is 2. The Balaban J connectivity index is 1.56. The van der Waals surface area contributed by atoms with Crippen LogP contribution in [-0.4, -0.2) is 21.8 Å². The van der Waals surface area contributed by atoms with E-state index in [4.69, 9.17) is 11.6 Å². The van der Waals surface area contributed by atoms with Gasteiger partial charge < -0.3 is 5.32 Å². The number of hydrogen-bond acceptors (Lipinski definition) is 6. The number of hydrogen-bond donors (Lipinski definition) is 2. The largest absolute Gasteiger partial charge is 0.324 e. The smallest absolute Gasteiger partial charge is 0.267 e. The molecule has 9 heteroatoms. The Morgan fingerprint density at radius 3 is 2.75 bits per heavy atom. The van der Waals surface area contributed by atoms with Crippen molar-refractivity contribution in [1.82, 2.24) is 9.97 Å². The second-order valence-electron chi connectivity index (χ2n) is 4.67. The molecule has 3 rings (SSSR count). The molecule has 0 saturated carbocycles. The zero-order valence-electron chi connectivity index (χ0n) is 12.2. The van der Waals surface area contributed by atoms with Gasteiger partial charge in [-0.3, -0.25) is 14.9 Å². The highest BCUT2D eigenvalue weighted by atomic mass is 35.5. The van der Waals surface area contributed by atoms with Gasteiger partial charge in [0.05, 0.1) is 28.9 Å². The van der Waals surface area contributed by atoms with Crippen molar-refractivity contribution in [3.8, 4) is 0 Å². The van der Waals surface area contributed by atoms with Crippen LogP contribution in [0.15, 0.2) is 41.2 Å². The number of carbonyl (C=O) groups is 2. The van der Waals surface area contributed by atoms with E-state index in [1.54, 1.807) is 23.6 Å². The summed E-state index contributed by atoms with van der Waals surface area (Å²) in [5, 5.41) is 9.82. The first-order chi connectivity index (χ1) is 11.6. The average Bonchev–Trinajstić information content (AvgIpc) is 3.21. The van der Waals surface area contributed by atoms with E-state index in [2.05, 4.69) is 20.6 Å². The minimum atomic E-state index is -0.222. The number of pyridine rings is 1. The molecule has 0 radical (unpaired) electrons. The molecule has 122 valence electrons. The first-order valence-electron chi connectivity index (χ1n) is 6.81. The van der Waals surface area contributed by atoms with Crippen LogP contribution in [0, 0.1) is 0 Å². The monoisotopic (exact) mass is 378 g/mol. The topological polar surface area (TPSA) is 84.0 Å². The fraction of sp³-hybridized carbons (Fsp3) is 0.0667. The lowest BCUT2D eigenvalue weighted by atomic mass is 10.3. The zero-order valence-corrected chi connectivity index (χ0v) is 14.5. The summed E-state index contributed by atoms with van der Waals surface area (Å²) in [6, 6.07) is 6.81. The summed E-state index contributed by atoms with van der Waals surface area (Å²) in [6.07, 6.45) is 1.59. The van der Waals surface area contributed by atoms with Gasteiger partial charge in [0.25, 0.3) is 5.91 Å². The molecule has 24 heavy (non-hydrogen) atoms. The Kier molecular flexibility index (Phi) is 5.19. The van der Waals surface area contributed by atoms with Gasteiger partial charge in [-0.05, 0) is 23.6 Å². The third kappa shape index (κ3) is 4.38. The van der Waals surface area contributed by atoms with Gasteiger partial charge in [-0.2, -0.15) is 0 Å². The molecule has 0 bridgehead atoms. The van der Waals surface area contributed by atoms with Gasteiger partial charge in [0.2, 0.25) is 5.91 Å². The van der Waals surface area contributed by atoms with Crippen molar-refractivity contribution < 1.29 is 9.59 Å². The maximum Gasteiger partial charge on any atom is 0.267 e. The van der Waals surface area contributed by atoms with E-state index in [0.29, 0.717) is 26.5 Å². The summed E-state index contributed by atoms with van der Waals surface area (Å²) in [7, 11) is 0. The Hall–Kier alpha value is -2.29. The molecular weight excluding hydrogens is 368 g/mol. The van der Waals surface area contributed by atoms with Crippen molar-refractivity contribution in [1.29, 1.82) is 0 Å². The van der Waals surface area contributed by atoms with Crippen LogP contribution < -0.4 is 10.6 Å². The highest BCUT2D eigenvalue weighted by molar-refractivity contribution is 7.14. The third-order valence-corrected chi connectivity index (χ3v) is 4.77. The number of carbonyl (C=O) groups excluding carboxylic acids is 2. The molecule has 0 aliphatic carbocycles. The average molecular weight is 379 g/mol. The van der Waals surface area contributed by atoms with Crippen LogP contribution in [-0.2, 0) is 11.2 Å². The molecule has 0 saturated heterocycles. The van der Waals surface area contributed by atoms with E-state index in [9.17, 15) is 9.59 Å². The molecule has 2 amide bonds. The molecule has 3 aromatic rings. The first-order valence-corrected chi connectivity index (χ1v) is 8.94. The number of nitrogens with zero attached hydrogens (tertiary/aromatic N) is 2. The normalized spacial score (nSPS) is 10.4. The van der Waals surface area contributed by atoms with Crippen LogP contribution >= 0.6 is 34.3 Å². The van der Waals surface area contributed by atoms with E-state index >= 15 is 0 Å². The molecule has 0 atom stereocenters. The summed E-state index contributed by atoms with van der Waals surface area (Å²) in [5.74, 6) is -0.428. The van der Waals surface area contributed by atoms with Gasteiger partial charge >= 0.3 is 0 Å². The van der Waals surface area contributed by atoms with Crippen molar-refractivity contribution in [3.05, 3.63) is 56.9 Å². The molecule has 0 spiro atoms. The van der Waals surface area contributed by atoms with Crippen molar-refractivity contribution in [3.63, 3.8) is 0 Å². The molecule has 0 aliphatic rings. The number of thiophene rings is 1. The summed E-state index contributed by atoms with van der Waals surface area (Å²) in [4.78, 5) is 32.7. The fourth-order valence-electron chi connectivity index (χ4n) is 1.83. The van der Waals surface area contributed by atoms with Gasteiger partial charge in [0.15, 0.2) is 5.13 Å². The van der Waals surface area contributed by atoms with Gasteiger partial charge in [0.1, 0.15) is 5.15 Å². The van der Waals surface area contributed by atoms with Crippen molar-refractivity contribution >= 4 is 56.9 Å². The van der Waals surface area contributed by atoms with E-state index in [1.165, 1.54) is 28.9 Å². The fourth-order valence-corrected chi connectivity index (χ4v) is 3.27. The molecule has 3 heterocycles. The van der Waals surface area contributed by atoms with Crippen LogP contribution in [0.25, 0.3) is 0 Å². The number of amides is 2. The van der Waals surface area contributed by atoms with Crippen molar-refractivity contribution in [2.24, 2.45) is 0 Å². The number of nitrogens with one attached hydrogen (secondary N) is 2. The van der Waals surface area contributed by atoms with E-state index < -0.39 is 0 Å². The van der Waals surface area contributed by atoms with Crippen LogP contribution in [0.4, 0.5) is 10.8 Å². The highest BCUT2D eigenvalue weighted by Crippen LogP contribution is 2.19. The van der Waals surface area contributed by atoms with Gasteiger partial charge in [0, 0.05) is 5.38 Å². The number of rotatable bonds is 5. The van der Waals surface area contributed by atoms with Gasteiger partial charge in [-0.25, -0.2) is 9.97 Å². The van der Waals surface area contributed by atoms with Crippen LogP contribution in [0.2, 0.25) is 5.15 Å². The molecular formula is C15H11ClN4O2S2. The maximum atomic E-state index is 12.0. The number of anilines is 2. The standard InChI is InChI=1S/C15H11ClN4O2S2/c16-12-4-3-9(7-17-12)18-13(21)6-10-8-24-15(19-10)20-14(22)11-2-1-5-23-11/h1-5,7-8H,6H2,(H,18,21)(H,19,20,22). The van der Waals surface area contributed by atoms with Crippen LogP contribution in [0.1, 0.15) is 15.4 Å². The summed E-state index contributed by atoms with van der Waals surface area (Å²) >= 11 is 8.33. The van der Waals surface area contributed by atoms with Crippen LogP contribution in [0.5, 0.6) is 0 Å². The highest BCUT2D eigenvalue weighted by Gasteiger charge is 2.12. The minimum Gasteiger partial charge on any atom is -0.324 e. The molecule has 6 nitrogen and oxygen atoms in total. The second-order valence-corrected chi connectivity index (χ2v) is 6.86. The minimum absolute atomic E-state index is 0.105. The Bertz CT molecular complexity index is 847. The molecule has 0 unspecified atom stereocenters. The van der Waals surface area contributed by atoms with Gasteiger partial charge in [-0.15, -0.1) is 22.7 Å². The molecule has 0 aromatic carbocycles. The summed E-state index contributed by atoms with van der Waals surface area (Å²) in [6.45, 7) is 0. The first kappa shape index (κ1) is 16.6. The van der Waals surface area contributed by atoms with E-state index in [0.717, 1.165) is 0 Å². The number of thiazole rings is 1. The SMILES string of the molecule is O=C(Cc1csc(NC(=O)c2cccs2)n1)Nc1ccc(Cl)nc1. The van der Waals surface area contributed by atoms with Crippen LogP contribution in [0.3, 0.4) is 0 Å². The van der Waals surface area contributed by atoms with Crippen molar-refractivity contribution in [2.45, 2.75) is 6.42 Å². The second kappa shape index (κ2) is 7.52. The Labute approximate surface area is 150 Å². The lowest BCUT2D eigenvalue weighted by molar-refractivity contribution is -0.115. The third-order valence-electron chi connectivity index (χ3n) is 2.87. The maximum absolute atomic E-state index is 12.0. The predicted molar refractivity (Wildman–Crippen MR) is 96.0 cm³/mol. The quantitative estimate of drug-likeness (QED) is 0.663. The molecule has 0 aliphatic heterocycles. The lowest BCUT2D eigenvalue weighted by Crippen LogP contribution is -2.15. The molecule has 2 N–H and O–H groups in total. The predicted octanol–water partition coefficient (Wildman–Crippen LogP) is 3.69. The summed E-state index contributed by atoms with van der Waals surface area (Å²) < 4.78 is 0. The molecule has 0 fully saturated rings. The van der Waals surface area contributed by atoms with E-state index in [-0.39, 0.29) is 18.2 Å². The van der Waals surface area contributed by atoms with E-state index in [1.807, 2.05) is 11.4 Å².